The number of ether oxygens (including phenoxy) is 1. The third-order valence-corrected chi connectivity index (χ3v) is 4.14. The van der Waals surface area contributed by atoms with Crippen LogP contribution in [0.5, 0.6) is 0 Å². The Morgan fingerprint density at radius 3 is 2.94 bits per heavy atom. The van der Waals surface area contributed by atoms with E-state index in [0.29, 0.717) is 6.10 Å². The van der Waals surface area contributed by atoms with E-state index in [9.17, 15) is 0 Å². The van der Waals surface area contributed by atoms with E-state index in [4.69, 9.17) is 4.74 Å². The van der Waals surface area contributed by atoms with Gasteiger partial charge in [-0.2, -0.15) is 0 Å². The van der Waals surface area contributed by atoms with Crippen LogP contribution in [-0.4, -0.2) is 49.8 Å². The van der Waals surface area contributed by atoms with Gasteiger partial charge in [-0.15, -0.1) is 0 Å². The lowest BCUT2D eigenvalue weighted by Crippen LogP contribution is -2.39. The van der Waals surface area contributed by atoms with Crippen LogP contribution >= 0.6 is 0 Å². The van der Waals surface area contributed by atoms with Gasteiger partial charge in [-0.3, -0.25) is 0 Å². The van der Waals surface area contributed by atoms with Crippen molar-refractivity contribution in [2.45, 2.75) is 57.6 Å². The van der Waals surface area contributed by atoms with Crippen LogP contribution in [0.15, 0.2) is 0 Å². The monoisotopic (exact) mass is 240 g/mol. The number of rotatable bonds is 6. The summed E-state index contributed by atoms with van der Waals surface area (Å²) < 4.78 is 5.59. The van der Waals surface area contributed by atoms with E-state index in [-0.39, 0.29) is 0 Å². The molecule has 0 saturated carbocycles. The Hall–Kier alpha value is -0.120. The van der Waals surface area contributed by atoms with Gasteiger partial charge in [-0.25, -0.2) is 0 Å². The summed E-state index contributed by atoms with van der Waals surface area (Å²) in [7, 11) is 0. The van der Waals surface area contributed by atoms with Crippen molar-refractivity contribution < 1.29 is 4.74 Å². The Balaban J connectivity index is 1.47. The molecule has 0 aromatic carbocycles. The Bertz CT molecular complexity index is 204. The van der Waals surface area contributed by atoms with Gasteiger partial charge in [0, 0.05) is 19.2 Å². The van der Waals surface area contributed by atoms with Crippen LogP contribution in [0.2, 0.25) is 0 Å². The largest absolute Gasteiger partial charge is 0.377 e. The molecule has 2 atom stereocenters. The predicted octanol–water partition coefficient (Wildman–Crippen LogP) is 2.02. The van der Waals surface area contributed by atoms with Crippen molar-refractivity contribution in [3.8, 4) is 0 Å². The number of nitrogens with one attached hydrogen (secondary N) is 1. The van der Waals surface area contributed by atoms with Crippen LogP contribution in [0.1, 0.15) is 45.4 Å². The van der Waals surface area contributed by atoms with Gasteiger partial charge in [0.25, 0.3) is 0 Å². The summed E-state index contributed by atoms with van der Waals surface area (Å²) in [6.07, 6.45) is 8.47. The number of hydrogen-bond acceptors (Lipinski definition) is 3. The molecule has 2 saturated heterocycles. The first-order valence-corrected chi connectivity index (χ1v) is 7.42. The molecule has 1 N–H and O–H groups in total. The summed E-state index contributed by atoms with van der Waals surface area (Å²) in [6.45, 7) is 8.11. The fraction of sp³-hybridized carbons (Fsp3) is 1.00. The van der Waals surface area contributed by atoms with Gasteiger partial charge < -0.3 is 15.0 Å². The summed E-state index contributed by atoms with van der Waals surface area (Å²) in [5, 5.41) is 3.53. The molecule has 2 heterocycles. The van der Waals surface area contributed by atoms with Crippen molar-refractivity contribution in [1.82, 2.24) is 10.2 Å². The smallest absolute Gasteiger partial charge is 0.0700 e. The van der Waals surface area contributed by atoms with Gasteiger partial charge in [0.2, 0.25) is 0 Å². The summed E-state index contributed by atoms with van der Waals surface area (Å²) >= 11 is 0. The minimum Gasteiger partial charge on any atom is -0.377 e. The van der Waals surface area contributed by atoms with E-state index in [2.05, 4.69) is 17.1 Å². The van der Waals surface area contributed by atoms with Crippen molar-refractivity contribution in [3.63, 3.8) is 0 Å². The van der Waals surface area contributed by atoms with Gasteiger partial charge in [-0.05, 0) is 58.7 Å². The summed E-state index contributed by atoms with van der Waals surface area (Å²) in [4.78, 5) is 2.65. The molecule has 0 aromatic rings. The molecule has 3 nitrogen and oxygen atoms in total. The highest BCUT2D eigenvalue weighted by atomic mass is 16.5. The maximum Gasteiger partial charge on any atom is 0.0700 e. The van der Waals surface area contributed by atoms with E-state index in [1.807, 2.05) is 0 Å². The number of hydrogen-bond donors (Lipinski definition) is 1. The van der Waals surface area contributed by atoms with Crippen LogP contribution in [0.4, 0.5) is 0 Å². The second-order valence-electron chi connectivity index (χ2n) is 5.57. The van der Waals surface area contributed by atoms with Crippen molar-refractivity contribution in [3.05, 3.63) is 0 Å². The van der Waals surface area contributed by atoms with Crippen LogP contribution in [-0.2, 0) is 4.74 Å². The maximum absolute atomic E-state index is 5.59. The summed E-state index contributed by atoms with van der Waals surface area (Å²) in [6, 6.07) is 0.807. The Kier molecular flexibility index (Phi) is 5.75. The Morgan fingerprint density at radius 1 is 1.24 bits per heavy atom. The first-order valence-electron chi connectivity index (χ1n) is 7.42. The van der Waals surface area contributed by atoms with E-state index < -0.39 is 0 Å². The molecule has 100 valence electrons. The lowest BCUT2D eigenvalue weighted by Gasteiger charge is -2.33. The van der Waals surface area contributed by atoms with E-state index in [1.54, 1.807) is 0 Å². The highest BCUT2D eigenvalue weighted by molar-refractivity contribution is 4.73. The number of piperidine rings is 1. The van der Waals surface area contributed by atoms with Gasteiger partial charge in [0.15, 0.2) is 0 Å². The molecule has 0 radical (unpaired) electrons. The molecule has 2 rings (SSSR count). The molecule has 2 aliphatic heterocycles. The SMILES string of the molecule is CC1CCCCN1CCCNCC1CCCO1. The normalized spacial score (nSPS) is 30.9. The molecule has 2 unspecified atom stereocenters. The van der Waals surface area contributed by atoms with Gasteiger partial charge in [-0.1, -0.05) is 6.42 Å². The zero-order chi connectivity index (χ0) is 11.9. The summed E-state index contributed by atoms with van der Waals surface area (Å²) in [5.41, 5.74) is 0. The average Bonchev–Trinajstić information content (AvgIpc) is 2.84. The second-order valence-corrected chi connectivity index (χ2v) is 5.57. The van der Waals surface area contributed by atoms with Crippen molar-refractivity contribution in [2.75, 3.05) is 32.8 Å². The van der Waals surface area contributed by atoms with Crippen LogP contribution in [0.25, 0.3) is 0 Å². The quantitative estimate of drug-likeness (QED) is 0.719. The summed E-state index contributed by atoms with van der Waals surface area (Å²) in [5.74, 6) is 0. The molecule has 17 heavy (non-hydrogen) atoms. The first-order chi connectivity index (χ1) is 8.36. The molecule has 0 aromatic heterocycles. The maximum atomic E-state index is 5.59. The van der Waals surface area contributed by atoms with Crippen molar-refractivity contribution >= 4 is 0 Å². The van der Waals surface area contributed by atoms with Gasteiger partial charge in [0.05, 0.1) is 6.10 Å². The van der Waals surface area contributed by atoms with E-state index in [1.165, 1.54) is 51.6 Å². The van der Waals surface area contributed by atoms with Crippen molar-refractivity contribution in [2.24, 2.45) is 0 Å². The molecule has 0 spiro atoms. The van der Waals surface area contributed by atoms with Crippen LogP contribution < -0.4 is 5.32 Å². The molecular formula is C14H28N2O. The highest BCUT2D eigenvalue weighted by Gasteiger charge is 2.17. The highest BCUT2D eigenvalue weighted by Crippen LogP contribution is 2.16. The molecule has 0 amide bonds. The Morgan fingerprint density at radius 2 is 2.18 bits per heavy atom. The standard InChI is InChI=1S/C14H28N2O/c1-13-6-2-3-9-16(13)10-5-8-15-12-14-7-4-11-17-14/h13-15H,2-12H2,1H3. The second kappa shape index (κ2) is 7.34. The molecule has 2 aliphatic rings. The van der Waals surface area contributed by atoms with Crippen LogP contribution in [0.3, 0.4) is 0 Å². The third kappa shape index (κ3) is 4.57. The molecule has 0 aliphatic carbocycles. The number of likely N-dealkylation sites (tertiary alicyclic amines) is 1. The lowest BCUT2D eigenvalue weighted by atomic mass is 10.0. The molecular weight excluding hydrogens is 212 g/mol. The fourth-order valence-electron chi connectivity index (χ4n) is 2.97. The van der Waals surface area contributed by atoms with E-state index in [0.717, 1.165) is 25.7 Å². The van der Waals surface area contributed by atoms with Crippen LogP contribution in [0, 0.1) is 0 Å². The molecule has 3 heteroatoms. The van der Waals surface area contributed by atoms with E-state index >= 15 is 0 Å². The zero-order valence-corrected chi connectivity index (χ0v) is 11.3. The third-order valence-electron chi connectivity index (χ3n) is 4.14. The average molecular weight is 240 g/mol. The van der Waals surface area contributed by atoms with Gasteiger partial charge in [0.1, 0.15) is 0 Å². The fourth-order valence-corrected chi connectivity index (χ4v) is 2.97. The Labute approximate surface area is 106 Å². The number of nitrogens with zero attached hydrogens (tertiary/aromatic N) is 1. The zero-order valence-electron chi connectivity index (χ0n) is 11.3. The molecule has 0 bridgehead atoms. The molecule has 2 fully saturated rings. The van der Waals surface area contributed by atoms with Crippen molar-refractivity contribution in [1.29, 1.82) is 0 Å². The first kappa shape index (κ1) is 13.3. The lowest BCUT2D eigenvalue weighted by molar-refractivity contribution is 0.109. The predicted molar refractivity (Wildman–Crippen MR) is 71.3 cm³/mol. The minimum atomic E-state index is 0.490. The van der Waals surface area contributed by atoms with Gasteiger partial charge >= 0.3 is 0 Å². The minimum absolute atomic E-state index is 0.490. The topological polar surface area (TPSA) is 24.5 Å².